The molecule has 2 bridgehead atoms. The first-order valence-electron chi connectivity index (χ1n) is 5.58. The molecule has 2 fully saturated rings. The summed E-state index contributed by atoms with van der Waals surface area (Å²) in [6.45, 7) is 2.51. The van der Waals surface area contributed by atoms with E-state index in [2.05, 4.69) is 5.32 Å². The number of amides is 1. The van der Waals surface area contributed by atoms with E-state index in [1.807, 2.05) is 6.92 Å². The van der Waals surface area contributed by atoms with Crippen LogP contribution in [0.2, 0.25) is 0 Å². The van der Waals surface area contributed by atoms with E-state index in [0.717, 1.165) is 12.3 Å². The largest absolute Gasteiger partial charge is 0.354 e. The quantitative estimate of drug-likeness (QED) is 0.719. The molecular formula is C11H18ClNO. The second-order valence-electron chi connectivity index (χ2n) is 4.81. The van der Waals surface area contributed by atoms with Crippen molar-refractivity contribution >= 4 is 17.5 Å². The average molecular weight is 216 g/mol. The summed E-state index contributed by atoms with van der Waals surface area (Å²) in [5, 5.41) is 2.98. The minimum absolute atomic E-state index is 0.0394. The number of nitrogens with one attached hydrogen (secondary N) is 1. The van der Waals surface area contributed by atoms with Gasteiger partial charge in [0.05, 0.1) is 0 Å². The van der Waals surface area contributed by atoms with Crippen LogP contribution in [0.3, 0.4) is 0 Å². The van der Waals surface area contributed by atoms with Crippen molar-refractivity contribution in [1.82, 2.24) is 5.32 Å². The van der Waals surface area contributed by atoms with Crippen molar-refractivity contribution < 1.29 is 4.79 Å². The smallest absolute Gasteiger partial charge is 0.223 e. The molecule has 1 amide bonds. The first-order chi connectivity index (χ1) is 6.66. The molecule has 2 aliphatic carbocycles. The van der Waals surface area contributed by atoms with Gasteiger partial charge in [0, 0.05) is 17.8 Å². The number of rotatable bonds is 3. The Balaban J connectivity index is 1.81. The standard InChI is InChI=1S/C11H18ClNO/c1-7(12)6-13-11(14)10-5-8-2-3-9(10)4-8/h7-10H,2-6H2,1H3,(H,13,14). The summed E-state index contributed by atoms with van der Waals surface area (Å²) in [5.41, 5.74) is 0. The maximum atomic E-state index is 11.8. The van der Waals surface area contributed by atoms with Gasteiger partial charge >= 0.3 is 0 Å². The van der Waals surface area contributed by atoms with Crippen molar-refractivity contribution in [3.8, 4) is 0 Å². The summed E-state index contributed by atoms with van der Waals surface area (Å²) in [7, 11) is 0. The van der Waals surface area contributed by atoms with E-state index in [0.29, 0.717) is 18.4 Å². The average Bonchev–Trinajstić information content (AvgIpc) is 2.74. The van der Waals surface area contributed by atoms with Gasteiger partial charge < -0.3 is 5.32 Å². The third-order valence-electron chi connectivity index (χ3n) is 3.63. The van der Waals surface area contributed by atoms with Gasteiger partial charge in [0.25, 0.3) is 0 Å². The molecule has 14 heavy (non-hydrogen) atoms. The Hall–Kier alpha value is -0.240. The highest BCUT2D eigenvalue weighted by Gasteiger charge is 2.42. The zero-order valence-electron chi connectivity index (χ0n) is 8.63. The molecule has 0 aromatic heterocycles. The van der Waals surface area contributed by atoms with Gasteiger partial charge in [-0.25, -0.2) is 0 Å². The fraction of sp³-hybridized carbons (Fsp3) is 0.909. The first kappa shape index (κ1) is 10.3. The molecule has 0 saturated heterocycles. The molecule has 1 N–H and O–H groups in total. The Bertz CT molecular complexity index is 229. The number of hydrogen-bond donors (Lipinski definition) is 1. The van der Waals surface area contributed by atoms with E-state index in [1.165, 1.54) is 19.3 Å². The molecule has 0 radical (unpaired) electrons. The van der Waals surface area contributed by atoms with E-state index in [4.69, 9.17) is 11.6 Å². The summed E-state index contributed by atoms with van der Waals surface area (Å²) in [6.07, 6.45) is 5.02. The number of carbonyl (C=O) groups excluding carboxylic acids is 1. The SMILES string of the molecule is CC(Cl)CNC(=O)C1CC2CCC1C2. The summed E-state index contributed by atoms with van der Waals surface area (Å²) < 4.78 is 0. The zero-order chi connectivity index (χ0) is 10.1. The fourth-order valence-electron chi connectivity index (χ4n) is 2.94. The van der Waals surface area contributed by atoms with Crippen LogP contribution >= 0.6 is 11.6 Å². The minimum Gasteiger partial charge on any atom is -0.354 e. The maximum absolute atomic E-state index is 11.8. The van der Waals surface area contributed by atoms with Crippen molar-refractivity contribution in [2.45, 2.75) is 38.0 Å². The lowest BCUT2D eigenvalue weighted by molar-refractivity contribution is -0.126. The Morgan fingerprint density at radius 3 is 2.79 bits per heavy atom. The highest BCUT2D eigenvalue weighted by Crippen LogP contribution is 2.48. The number of halogens is 1. The monoisotopic (exact) mass is 215 g/mol. The van der Waals surface area contributed by atoms with Crippen LogP contribution in [0.15, 0.2) is 0 Å². The van der Waals surface area contributed by atoms with Crippen molar-refractivity contribution in [3.05, 3.63) is 0 Å². The van der Waals surface area contributed by atoms with Crippen LogP contribution in [-0.4, -0.2) is 17.8 Å². The lowest BCUT2D eigenvalue weighted by Crippen LogP contribution is -2.36. The van der Waals surface area contributed by atoms with E-state index < -0.39 is 0 Å². The molecule has 4 unspecified atom stereocenters. The number of fused-ring (bicyclic) bond motifs is 2. The molecule has 2 aliphatic rings. The van der Waals surface area contributed by atoms with Crippen LogP contribution in [0.1, 0.15) is 32.6 Å². The normalized spacial score (nSPS) is 37.1. The van der Waals surface area contributed by atoms with E-state index in [1.54, 1.807) is 0 Å². The maximum Gasteiger partial charge on any atom is 0.223 e. The highest BCUT2D eigenvalue weighted by molar-refractivity contribution is 6.20. The zero-order valence-corrected chi connectivity index (χ0v) is 9.39. The van der Waals surface area contributed by atoms with Gasteiger partial charge in [-0.2, -0.15) is 0 Å². The van der Waals surface area contributed by atoms with Crippen molar-refractivity contribution in [2.75, 3.05) is 6.54 Å². The molecule has 80 valence electrons. The van der Waals surface area contributed by atoms with Gasteiger partial charge in [-0.3, -0.25) is 4.79 Å². The summed E-state index contributed by atoms with van der Waals surface area (Å²) in [5.74, 6) is 2.05. The van der Waals surface area contributed by atoms with Gasteiger partial charge in [0.2, 0.25) is 5.91 Å². The molecule has 3 heteroatoms. The Morgan fingerprint density at radius 2 is 2.29 bits per heavy atom. The molecule has 0 aromatic carbocycles. The van der Waals surface area contributed by atoms with Crippen molar-refractivity contribution in [3.63, 3.8) is 0 Å². The topological polar surface area (TPSA) is 29.1 Å². The molecule has 0 spiro atoms. The van der Waals surface area contributed by atoms with Crippen LogP contribution in [0.25, 0.3) is 0 Å². The molecule has 2 nitrogen and oxygen atoms in total. The van der Waals surface area contributed by atoms with Gasteiger partial charge in [-0.05, 0) is 38.0 Å². The summed E-state index contributed by atoms with van der Waals surface area (Å²) in [6, 6.07) is 0. The van der Waals surface area contributed by atoms with E-state index >= 15 is 0 Å². The number of alkyl halides is 1. The van der Waals surface area contributed by atoms with Gasteiger partial charge in [0.15, 0.2) is 0 Å². The second-order valence-corrected chi connectivity index (χ2v) is 5.55. The lowest BCUT2D eigenvalue weighted by Gasteiger charge is -2.21. The third-order valence-corrected chi connectivity index (χ3v) is 3.79. The van der Waals surface area contributed by atoms with Crippen molar-refractivity contribution in [2.24, 2.45) is 17.8 Å². The van der Waals surface area contributed by atoms with E-state index in [9.17, 15) is 4.79 Å². The minimum atomic E-state index is 0.0394. The number of hydrogen-bond acceptors (Lipinski definition) is 1. The van der Waals surface area contributed by atoms with Crippen LogP contribution in [0.4, 0.5) is 0 Å². The second kappa shape index (κ2) is 4.09. The molecular weight excluding hydrogens is 198 g/mol. The van der Waals surface area contributed by atoms with Gasteiger partial charge in [-0.1, -0.05) is 6.42 Å². The highest BCUT2D eigenvalue weighted by atomic mass is 35.5. The van der Waals surface area contributed by atoms with Crippen LogP contribution in [0.5, 0.6) is 0 Å². The van der Waals surface area contributed by atoms with Crippen LogP contribution < -0.4 is 5.32 Å². The van der Waals surface area contributed by atoms with Crippen LogP contribution in [0, 0.1) is 17.8 Å². The number of carbonyl (C=O) groups is 1. The molecule has 2 saturated carbocycles. The molecule has 0 heterocycles. The van der Waals surface area contributed by atoms with Crippen molar-refractivity contribution in [1.29, 1.82) is 0 Å². The predicted octanol–water partition coefficient (Wildman–Crippen LogP) is 2.17. The fourth-order valence-corrected chi connectivity index (χ4v) is 3.02. The predicted molar refractivity (Wildman–Crippen MR) is 57.3 cm³/mol. The lowest BCUT2D eigenvalue weighted by atomic mass is 9.88. The Kier molecular flexibility index (Phi) is 3.01. The summed E-state index contributed by atoms with van der Waals surface area (Å²) >= 11 is 5.79. The third kappa shape index (κ3) is 2.05. The first-order valence-corrected chi connectivity index (χ1v) is 6.02. The van der Waals surface area contributed by atoms with Gasteiger partial charge in [-0.15, -0.1) is 11.6 Å². The molecule has 0 aromatic rings. The molecule has 4 atom stereocenters. The molecule has 2 rings (SSSR count). The van der Waals surface area contributed by atoms with E-state index in [-0.39, 0.29) is 11.3 Å². The van der Waals surface area contributed by atoms with Gasteiger partial charge in [0.1, 0.15) is 0 Å². The summed E-state index contributed by atoms with van der Waals surface area (Å²) in [4.78, 5) is 11.8. The Labute approximate surface area is 90.4 Å². The Morgan fingerprint density at radius 1 is 1.50 bits per heavy atom. The molecule has 0 aliphatic heterocycles. The van der Waals surface area contributed by atoms with Crippen LogP contribution in [-0.2, 0) is 4.79 Å².